The summed E-state index contributed by atoms with van der Waals surface area (Å²) >= 11 is 0. The number of nitro benzene ring substituents is 2. The fraction of sp³-hybridized carbons (Fsp3) is 0.0833. The number of benzene rings is 3. The molecule has 0 aliphatic heterocycles. The number of rotatable bonds is 6. The Bertz CT molecular complexity index is 1520. The second-order valence-corrected chi connectivity index (χ2v) is 7.55. The Kier molecular flexibility index (Phi) is 5.98. The average molecular weight is 476 g/mol. The molecule has 4 rings (SSSR count). The van der Waals surface area contributed by atoms with E-state index in [-0.39, 0.29) is 33.6 Å². The fourth-order valence-corrected chi connectivity index (χ4v) is 3.31. The molecule has 4 aromatic rings. The Morgan fingerprint density at radius 1 is 0.886 bits per heavy atom. The summed E-state index contributed by atoms with van der Waals surface area (Å²) in [6.07, 6.45) is 1.13. The molecule has 11 nitrogen and oxygen atoms in total. The number of esters is 1. The van der Waals surface area contributed by atoms with Crippen molar-refractivity contribution >= 4 is 28.3 Å². The van der Waals surface area contributed by atoms with Crippen molar-refractivity contribution in [3.8, 4) is 17.2 Å². The van der Waals surface area contributed by atoms with Crippen molar-refractivity contribution < 1.29 is 28.5 Å². The highest BCUT2D eigenvalue weighted by atomic mass is 16.6. The number of carbonyl (C=O) groups excluding carboxylic acids is 1. The number of ether oxygens (including phenoxy) is 2. The van der Waals surface area contributed by atoms with Gasteiger partial charge in [-0.3, -0.25) is 25.0 Å². The number of nitrogens with zero attached hydrogens (tertiary/aromatic N) is 2. The van der Waals surface area contributed by atoms with E-state index in [2.05, 4.69) is 0 Å². The second-order valence-electron chi connectivity index (χ2n) is 7.55. The van der Waals surface area contributed by atoms with Crippen molar-refractivity contribution in [1.29, 1.82) is 0 Å². The number of nitro groups is 2. The summed E-state index contributed by atoms with van der Waals surface area (Å²) in [6.45, 7) is 3.13. The van der Waals surface area contributed by atoms with Crippen molar-refractivity contribution in [3.63, 3.8) is 0 Å². The van der Waals surface area contributed by atoms with E-state index < -0.39 is 32.6 Å². The second kappa shape index (κ2) is 9.06. The maximum atomic E-state index is 12.8. The van der Waals surface area contributed by atoms with Crippen molar-refractivity contribution in [2.75, 3.05) is 0 Å². The maximum absolute atomic E-state index is 12.8. The number of fused-ring (bicyclic) bond motifs is 1. The Labute approximate surface area is 196 Å². The van der Waals surface area contributed by atoms with Crippen molar-refractivity contribution in [2.24, 2.45) is 0 Å². The lowest BCUT2D eigenvalue weighted by molar-refractivity contribution is -0.395. The van der Waals surface area contributed by atoms with E-state index in [4.69, 9.17) is 13.9 Å². The van der Waals surface area contributed by atoms with Crippen molar-refractivity contribution in [2.45, 2.75) is 13.8 Å². The minimum absolute atomic E-state index is 0.0367. The highest BCUT2D eigenvalue weighted by molar-refractivity contribution is 5.93. The highest BCUT2D eigenvalue weighted by Crippen LogP contribution is 2.30. The molecule has 1 heterocycles. The van der Waals surface area contributed by atoms with Crippen LogP contribution in [0.2, 0.25) is 0 Å². The first-order valence-corrected chi connectivity index (χ1v) is 10.1. The van der Waals surface area contributed by atoms with Gasteiger partial charge >= 0.3 is 5.97 Å². The number of aryl methyl sites for hydroxylation is 1. The van der Waals surface area contributed by atoms with Crippen LogP contribution in [0.25, 0.3) is 11.0 Å². The molecule has 3 aromatic carbocycles. The molecule has 0 N–H and O–H groups in total. The number of hydrogen-bond acceptors (Lipinski definition) is 9. The fourth-order valence-electron chi connectivity index (χ4n) is 3.31. The quantitative estimate of drug-likeness (QED) is 0.157. The van der Waals surface area contributed by atoms with Gasteiger partial charge < -0.3 is 13.9 Å². The van der Waals surface area contributed by atoms with Crippen LogP contribution in [0.3, 0.4) is 0 Å². The van der Waals surface area contributed by atoms with Crippen molar-refractivity contribution in [3.05, 3.63) is 108 Å². The van der Waals surface area contributed by atoms with E-state index in [9.17, 15) is 29.8 Å². The molecule has 11 heteroatoms. The van der Waals surface area contributed by atoms with Gasteiger partial charge in [0.05, 0.1) is 20.8 Å². The lowest BCUT2D eigenvalue weighted by Crippen LogP contribution is -2.11. The van der Waals surface area contributed by atoms with Crippen LogP contribution < -0.4 is 14.9 Å². The van der Waals surface area contributed by atoms with Gasteiger partial charge in [-0.05, 0) is 38.1 Å². The predicted octanol–water partition coefficient (Wildman–Crippen LogP) is 5.24. The summed E-state index contributed by atoms with van der Waals surface area (Å²) < 4.78 is 16.3. The van der Waals surface area contributed by atoms with E-state index >= 15 is 0 Å². The van der Waals surface area contributed by atoms with Crippen LogP contribution in [0.1, 0.15) is 21.5 Å². The molecule has 176 valence electrons. The molecule has 0 radical (unpaired) electrons. The normalized spacial score (nSPS) is 10.7. The summed E-state index contributed by atoms with van der Waals surface area (Å²) in [5.74, 6) is -0.680. The van der Waals surface area contributed by atoms with Gasteiger partial charge in [0.25, 0.3) is 11.4 Å². The van der Waals surface area contributed by atoms with Gasteiger partial charge in [0.15, 0.2) is 0 Å². The zero-order valence-electron chi connectivity index (χ0n) is 18.3. The third kappa shape index (κ3) is 4.69. The Balaban J connectivity index is 1.62. The van der Waals surface area contributed by atoms with Crippen LogP contribution >= 0.6 is 0 Å². The third-order valence-corrected chi connectivity index (χ3v) is 5.16. The largest absolute Gasteiger partial charge is 0.460 e. The molecule has 35 heavy (non-hydrogen) atoms. The topological polar surface area (TPSA) is 152 Å². The zero-order chi connectivity index (χ0) is 25.3. The number of carbonyl (C=O) groups is 1. The van der Waals surface area contributed by atoms with Crippen LogP contribution in [-0.4, -0.2) is 15.8 Å². The Hall–Kier alpha value is -5.06. The predicted molar refractivity (Wildman–Crippen MR) is 123 cm³/mol. The first-order valence-electron chi connectivity index (χ1n) is 10.1. The average Bonchev–Trinajstić information content (AvgIpc) is 2.82. The summed E-state index contributed by atoms with van der Waals surface area (Å²) in [7, 11) is 0. The zero-order valence-corrected chi connectivity index (χ0v) is 18.3. The molecule has 0 aliphatic carbocycles. The minimum atomic E-state index is -1.06. The molecule has 0 amide bonds. The van der Waals surface area contributed by atoms with Gasteiger partial charge in [-0.1, -0.05) is 17.7 Å². The summed E-state index contributed by atoms with van der Waals surface area (Å²) in [5.41, 5.74) is -1.06. The van der Waals surface area contributed by atoms with E-state index in [1.165, 1.54) is 25.1 Å². The van der Waals surface area contributed by atoms with Crippen LogP contribution in [0, 0.1) is 34.1 Å². The SMILES string of the molecule is Cc1ccc(Oc2coc3cc(OC(=O)c4cc([N+](=O)[O-])c(C)c([N+](=O)[O-])c4)ccc3c2=O)cc1. The van der Waals surface area contributed by atoms with Gasteiger partial charge in [-0.25, -0.2) is 4.79 Å². The van der Waals surface area contributed by atoms with Crippen molar-refractivity contribution in [1.82, 2.24) is 0 Å². The molecular formula is C24H16N2O9. The monoisotopic (exact) mass is 476 g/mol. The maximum Gasteiger partial charge on any atom is 0.344 e. The molecule has 0 fully saturated rings. The molecule has 0 unspecified atom stereocenters. The standard InChI is InChI=1S/C24H16N2O9/c1-13-3-5-16(6-4-13)34-22-12-33-21-11-17(7-8-18(21)23(22)27)35-24(28)15-9-19(25(29)30)14(2)20(10-15)26(31)32/h3-12H,1-2H3. The molecular weight excluding hydrogens is 460 g/mol. The van der Waals surface area contributed by atoms with E-state index in [0.717, 1.165) is 24.0 Å². The van der Waals surface area contributed by atoms with E-state index in [0.29, 0.717) is 5.75 Å². The van der Waals surface area contributed by atoms with Gasteiger partial charge in [-0.2, -0.15) is 0 Å². The lowest BCUT2D eigenvalue weighted by atomic mass is 10.1. The molecule has 0 saturated carbocycles. The van der Waals surface area contributed by atoms with Crippen LogP contribution in [0.4, 0.5) is 11.4 Å². The van der Waals surface area contributed by atoms with Gasteiger partial charge in [0, 0.05) is 18.2 Å². The Morgan fingerprint density at radius 2 is 1.49 bits per heavy atom. The Morgan fingerprint density at radius 3 is 2.09 bits per heavy atom. The smallest absolute Gasteiger partial charge is 0.344 e. The van der Waals surface area contributed by atoms with E-state index in [1.807, 2.05) is 19.1 Å². The molecule has 0 bridgehead atoms. The molecule has 1 aromatic heterocycles. The first-order chi connectivity index (χ1) is 16.6. The van der Waals surface area contributed by atoms with Crippen LogP contribution in [0.15, 0.2) is 70.1 Å². The van der Waals surface area contributed by atoms with Gasteiger partial charge in [0.2, 0.25) is 11.2 Å². The van der Waals surface area contributed by atoms with E-state index in [1.54, 1.807) is 12.1 Å². The molecule has 0 spiro atoms. The summed E-state index contributed by atoms with van der Waals surface area (Å²) in [4.78, 5) is 46.2. The molecule has 0 saturated heterocycles. The van der Waals surface area contributed by atoms with Crippen LogP contribution in [-0.2, 0) is 0 Å². The highest BCUT2D eigenvalue weighted by Gasteiger charge is 2.26. The first kappa shape index (κ1) is 23.1. The van der Waals surface area contributed by atoms with Crippen LogP contribution in [0.5, 0.6) is 17.2 Å². The summed E-state index contributed by atoms with van der Waals surface area (Å²) in [6, 6.07) is 12.9. The third-order valence-electron chi connectivity index (χ3n) is 5.16. The lowest BCUT2D eigenvalue weighted by Gasteiger charge is -2.08. The molecule has 0 aliphatic rings. The molecule has 0 atom stereocenters. The number of hydrogen-bond donors (Lipinski definition) is 0. The van der Waals surface area contributed by atoms with Gasteiger partial charge in [0.1, 0.15) is 28.9 Å². The minimum Gasteiger partial charge on any atom is -0.460 e. The summed E-state index contributed by atoms with van der Waals surface area (Å²) in [5, 5.41) is 22.7. The van der Waals surface area contributed by atoms with Gasteiger partial charge in [-0.15, -0.1) is 0 Å².